The number of rotatable bonds is 3. The molecule has 2 aromatic rings. The summed E-state index contributed by atoms with van der Waals surface area (Å²) in [6.45, 7) is 0.694. The molecule has 3 nitrogen and oxygen atoms in total. The average Bonchev–Trinajstić information content (AvgIpc) is 2.79. The van der Waals surface area contributed by atoms with Crippen molar-refractivity contribution in [3.63, 3.8) is 0 Å². The molecular weight excluding hydrogens is 388 g/mol. The summed E-state index contributed by atoms with van der Waals surface area (Å²) in [4.78, 5) is 0. The Morgan fingerprint density at radius 1 is 1.30 bits per heavy atom. The number of ether oxygens (including phenoxy) is 1. The largest absolute Gasteiger partial charge is 0.493 e. The summed E-state index contributed by atoms with van der Waals surface area (Å²) in [5, 5.41) is 10.4. The summed E-state index contributed by atoms with van der Waals surface area (Å²) in [6.07, 6.45) is 0.929. The zero-order chi connectivity index (χ0) is 14.1. The Kier molecular flexibility index (Phi) is 4.19. The van der Waals surface area contributed by atoms with Gasteiger partial charge in [-0.05, 0) is 68.3 Å². The number of hydrogen-bond donors (Lipinski definition) is 1. The van der Waals surface area contributed by atoms with Crippen LogP contribution in [0, 0.1) is 0 Å². The van der Waals surface area contributed by atoms with Crippen LogP contribution in [0.4, 0.5) is 0 Å². The van der Waals surface area contributed by atoms with E-state index in [1.807, 2.05) is 18.2 Å². The molecule has 0 bridgehead atoms. The van der Waals surface area contributed by atoms with Crippen molar-refractivity contribution in [1.82, 2.24) is 0 Å². The molecule has 1 aliphatic heterocycles. The van der Waals surface area contributed by atoms with Gasteiger partial charge in [-0.1, -0.05) is 18.2 Å². The van der Waals surface area contributed by atoms with E-state index in [1.54, 1.807) is 6.07 Å². The molecule has 0 saturated carbocycles. The summed E-state index contributed by atoms with van der Waals surface area (Å²) in [5.74, 6) is 1.79. The topological polar surface area (TPSA) is 42.6 Å². The lowest BCUT2D eigenvalue weighted by Crippen LogP contribution is -2.16. The normalized spacial score (nSPS) is 19.2. The number of para-hydroxylation sites is 1. The lowest BCUT2D eigenvalue weighted by molar-refractivity contribution is 0.121. The van der Waals surface area contributed by atoms with Crippen molar-refractivity contribution in [3.05, 3.63) is 50.8 Å². The van der Waals surface area contributed by atoms with Gasteiger partial charge in [-0.25, -0.2) is 0 Å². The summed E-state index contributed by atoms with van der Waals surface area (Å²) in [6, 6.07) is 9.83. The Labute approximate surface area is 134 Å². The molecule has 1 aromatic carbocycles. The van der Waals surface area contributed by atoms with Gasteiger partial charge in [-0.15, -0.1) is 0 Å². The van der Waals surface area contributed by atoms with Gasteiger partial charge < -0.3 is 14.3 Å². The maximum atomic E-state index is 10.4. The van der Waals surface area contributed by atoms with Crippen LogP contribution in [0.3, 0.4) is 0 Å². The van der Waals surface area contributed by atoms with E-state index in [-0.39, 0.29) is 5.92 Å². The maximum Gasteiger partial charge on any atom is 0.183 e. The first-order valence-electron chi connectivity index (χ1n) is 6.49. The minimum absolute atomic E-state index is 0.289. The van der Waals surface area contributed by atoms with Crippen molar-refractivity contribution >= 4 is 31.9 Å². The molecular formula is C15H14Br2O3. The minimum atomic E-state index is -0.617. The second kappa shape index (κ2) is 5.92. The van der Waals surface area contributed by atoms with Crippen LogP contribution in [-0.2, 0) is 0 Å². The van der Waals surface area contributed by atoms with Crippen molar-refractivity contribution in [2.24, 2.45) is 0 Å². The van der Waals surface area contributed by atoms with Crippen molar-refractivity contribution in [3.8, 4) is 5.75 Å². The van der Waals surface area contributed by atoms with Crippen LogP contribution in [0.15, 0.2) is 43.9 Å². The van der Waals surface area contributed by atoms with E-state index >= 15 is 0 Å². The van der Waals surface area contributed by atoms with E-state index in [1.165, 1.54) is 5.56 Å². The number of aliphatic hydroxyl groups excluding tert-OH is 1. The fraction of sp³-hybridized carbons (Fsp3) is 0.333. The first-order chi connectivity index (χ1) is 9.65. The Morgan fingerprint density at radius 3 is 2.85 bits per heavy atom. The number of aliphatic hydroxyl groups is 1. The fourth-order valence-electron chi connectivity index (χ4n) is 2.57. The van der Waals surface area contributed by atoms with Gasteiger partial charge in [-0.3, -0.25) is 0 Å². The van der Waals surface area contributed by atoms with E-state index in [0.717, 1.165) is 16.6 Å². The smallest absolute Gasteiger partial charge is 0.183 e. The third-order valence-electron chi connectivity index (χ3n) is 3.58. The molecule has 0 fully saturated rings. The molecule has 106 valence electrons. The molecule has 2 heterocycles. The molecule has 1 aliphatic rings. The SMILES string of the molecule is OC(CC1CCOc2ccccc21)c1cc(Br)c(Br)o1. The highest BCUT2D eigenvalue weighted by Crippen LogP contribution is 2.40. The number of hydrogen-bond acceptors (Lipinski definition) is 3. The molecule has 0 saturated heterocycles. The van der Waals surface area contributed by atoms with E-state index in [0.29, 0.717) is 23.5 Å². The molecule has 0 spiro atoms. The molecule has 0 amide bonds. The third-order valence-corrected chi connectivity index (χ3v) is 5.29. The second-order valence-electron chi connectivity index (χ2n) is 4.89. The van der Waals surface area contributed by atoms with Gasteiger partial charge in [0.05, 0.1) is 11.1 Å². The van der Waals surface area contributed by atoms with E-state index in [9.17, 15) is 5.11 Å². The quantitative estimate of drug-likeness (QED) is 0.803. The molecule has 2 atom stereocenters. The lowest BCUT2D eigenvalue weighted by Gasteiger charge is -2.27. The van der Waals surface area contributed by atoms with Crippen LogP contribution in [0.25, 0.3) is 0 Å². The third kappa shape index (κ3) is 2.80. The zero-order valence-corrected chi connectivity index (χ0v) is 13.9. The van der Waals surface area contributed by atoms with Crippen LogP contribution in [0.5, 0.6) is 5.75 Å². The number of halogens is 2. The first-order valence-corrected chi connectivity index (χ1v) is 8.08. The highest BCUT2D eigenvalue weighted by Gasteiger charge is 2.26. The Bertz CT molecular complexity index is 589. The maximum absolute atomic E-state index is 10.4. The van der Waals surface area contributed by atoms with Crippen LogP contribution < -0.4 is 4.74 Å². The Morgan fingerprint density at radius 2 is 2.10 bits per heavy atom. The zero-order valence-electron chi connectivity index (χ0n) is 10.7. The van der Waals surface area contributed by atoms with Crippen LogP contribution >= 0.6 is 31.9 Å². The number of benzene rings is 1. The van der Waals surface area contributed by atoms with Crippen molar-refractivity contribution in [2.75, 3.05) is 6.61 Å². The van der Waals surface area contributed by atoms with Gasteiger partial charge in [0.2, 0.25) is 0 Å². The average molecular weight is 402 g/mol. The molecule has 0 radical (unpaired) electrons. The monoisotopic (exact) mass is 400 g/mol. The van der Waals surface area contributed by atoms with Gasteiger partial charge in [-0.2, -0.15) is 0 Å². The van der Waals surface area contributed by atoms with Gasteiger partial charge in [0.1, 0.15) is 17.6 Å². The predicted octanol–water partition coefficient (Wildman–Crippen LogP) is 4.79. The number of fused-ring (bicyclic) bond motifs is 1. The summed E-state index contributed by atoms with van der Waals surface area (Å²) >= 11 is 6.65. The summed E-state index contributed by atoms with van der Waals surface area (Å²) < 4.78 is 12.6. The van der Waals surface area contributed by atoms with Gasteiger partial charge in [0, 0.05) is 0 Å². The molecule has 3 rings (SSSR count). The predicted molar refractivity (Wildman–Crippen MR) is 83.0 cm³/mol. The highest BCUT2D eigenvalue weighted by atomic mass is 79.9. The van der Waals surface area contributed by atoms with Crippen molar-refractivity contribution in [2.45, 2.75) is 24.9 Å². The van der Waals surface area contributed by atoms with Crippen LogP contribution in [0.2, 0.25) is 0 Å². The minimum Gasteiger partial charge on any atom is -0.493 e. The summed E-state index contributed by atoms with van der Waals surface area (Å²) in [7, 11) is 0. The van der Waals surface area contributed by atoms with E-state index in [2.05, 4.69) is 37.9 Å². The molecule has 0 aliphatic carbocycles. The Balaban J connectivity index is 1.78. The standard InChI is InChI=1S/C15H14Br2O3/c16-11-8-14(20-15(11)17)12(18)7-9-5-6-19-13-4-2-1-3-10(9)13/h1-4,8-9,12,18H,5-7H2. The van der Waals surface area contributed by atoms with E-state index < -0.39 is 6.10 Å². The summed E-state index contributed by atoms with van der Waals surface area (Å²) in [5.41, 5.74) is 1.17. The highest BCUT2D eigenvalue weighted by molar-refractivity contribution is 9.13. The van der Waals surface area contributed by atoms with Gasteiger partial charge in [0.25, 0.3) is 0 Å². The number of furan rings is 1. The molecule has 5 heteroatoms. The van der Waals surface area contributed by atoms with Crippen LogP contribution in [-0.4, -0.2) is 11.7 Å². The van der Waals surface area contributed by atoms with Gasteiger partial charge >= 0.3 is 0 Å². The molecule has 1 aromatic heterocycles. The first kappa shape index (κ1) is 14.2. The Hall–Kier alpha value is -0.780. The molecule has 1 N–H and O–H groups in total. The fourth-order valence-corrected chi connectivity index (χ4v) is 3.18. The molecule has 20 heavy (non-hydrogen) atoms. The van der Waals surface area contributed by atoms with Crippen LogP contribution in [0.1, 0.15) is 36.2 Å². The van der Waals surface area contributed by atoms with Crippen molar-refractivity contribution < 1.29 is 14.3 Å². The van der Waals surface area contributed by atoms with E-state index in [4.69, 9.17) is 9.15 Å². The lowest BCUT2D eigenvalue weighted by atomic mass is 9.88. The van der Waals surface area contributed by atoms with Gasteiger partial charge in [0.15, 0.2) is 4.67 Å². The molecule has 2 unspecified atom stereocenters. The van der Waals surface area contributed by atoms with Crippen molar-refractivity contribution in [1.29, 1.82) is 0 Å². The second-order valence-corrected chi connectivity index (χ2v) is 6.47.